The molecule has 0 radical (unpaired) electrons. The number of carbonyl (C=O) groups is 1. The lowest BCUT2D eigenvalue weighted by atomic mass is 9.92. The van der Waals surface area contributed by atoms with E-state index in [1.807, 2.05) is 6.07 Å². The number of nitrogens with one attached hydrogen (secondary N) is 1. The third-order valence-corrected chi connectivity index (χ3v) is 6.83. The fraction of sp³-hybridized carbons (Fsp3) is 0.462. The Hall–Kier alpha value is -2.62. The summed E-state index contributed by atoms with van der Waals surface area (Å²) in [5.74, 6) is 1.02. The molecule has 1 amide bonds. The third-order valence-electron chi connectivity index (χ3n) is 6.83. The van der Waals surface area contributed by atoms with Gasteiger partial charge in [-0.3, -0.25) is 4.79 Å². The van der Waals surface area contributed by atoms with Gasteiger partial charge in [0.15, 0.2) is 0 Å². The van der Waals surface area contributed by atoms with Crippen molar-refractivity contribution in [2.45, 2.75) is 64.0 Å². The van der Waals surface area contributed by atoms with Gasteiger partial charge in [0, 0.05) is 11.6 Å². The molecule has 4 nitrogen and oxygen atoms in total. The number of aliphatic imine (C=N–C) groups is 1. The summed E-state index contributed by atoms with van der Waals surface area (Å²) in [5.41, 5.74) is 5.46. The lowest BCUT2D eigenvalue weighted by molar-refractivity contribution is -0.122. The molecule has 2 aromatic carbocycles. The molecule has 0 spiro atoms. The second kappa shape index (κ2) is 7.90. The first-order chi connectivity index (χ1) is 14.6. The van der Waals surface area contributed by atoms with Crippen LogP contribution in [-0.2, 0) is 9.53 Å². The van der Waals surface area contributed by atoms with E-state index in [1.165, 1.54) is 19.3 Å². The minimum Gasteiger partial charge on any atom is -0.475 e. The molecule has 1 saturated carbocycles. The average Bonchev–Trinajstić information content (AvgIpc) is 3.37. The van der Waals surface area contributed by atoms with Crippen molar-refractivity contribution in [2.75, 3.05) is 6.61 Å². The first-order valence-corrected chi connectivity index (χ1v) is 11.4. The standard InChI is InChI=1S/C26H30N2O2/c1-16(2)23-15-30-26(28-23)17-12-13-20-19-10-6-7-11-21(19)24(22(20)14-17)25(29)27-18-8-4-3-5-9-18/h6-7,10-14,16,18,23-24H,3-5,8-9,15H2,1-2H3,(H,27,29)/t23-,24?/m1/s1. The Morgan fingerprint density at radius 2 is 1.80 bits per heavy atom. The first kappa shape index (κ1) is 19.3. The number of hydrogen-bond donors (Lipinski definition) is 1. The Kier molecular flexibility index (Phi) is 5.10. The molecule has 2 aromatic rings. The van der Waals surface area contributed by atoms with Gasteiger partial charge in [-0.1, -0.05) is 63.4 Å². The number of carbonyl (C=O) groups excluding carboxylic acids is 1. The molecule has 0 saturated heterocycles. The van der Waals surface area contributed by atoms with Crippen LogP contribution in [0.3, 0.4) is 0 Å². The van der Waals surface area contributed by atoms with E-state index in [4.69, 9.17) is 9.73 Å². The van der Waals surface area contributed by atoms with Gasteiger partial charge >= 0.3 is 0 Å². The van der Waals surface area contributed by atoms with Crippen LogP contribution in [0.1, 0.15) is 68.6 Å². The van der Waals surface area contributed by atoms with Gasteiger partial charge in [0.1, 0.15) is 6.61 Å². The molecule has 5 rings (SSSR count). The van der Waals surface area contributed by atoms with Crippen molar-refractivity contribution < 1.29 is 9.53 Å². The normalized spacial score (nSPS) is 23.0. The lowest BCUT2D eigenvalue weighted by Crippen LogP contribution is -2.39. The summed E-state index contributed by atoms with van der Waals surface area (Å²) in [5, 5.41) is 3.35. The van der Waals surface area contributed by atoms with Crippen molar-refractivity contribution in [3.63, 3.8) is 0 Å². The van der Waals surface area contributed by atoms with Crippen LogP contribution in [-0.4, -0.2) is 30.5 Å². The van der Waals surface area contributed by atoms with Gasteiger partial charge in [-0.15, -0.1) is 0 Å². The fourth-order valence-electron chi connectivity index (χ4n) is 5.04. The van der Waals surface area contributed by atoms with Crippen molar-refractivity contribution in [3.05, 3.63) is 59.2 Å². The van der Waals surface area contributed by atoms with E-state index in [0.717, 1.165) is 40.7 Å². The Morgan fingerprint density at radius 3 is 2.57 bits per heavy atom. The minimum atomic E-state index is -0.263. The predicted octanol–water partition coefficient (Wildman–Crippen LogP) is 5.05. The molecule has 1 heterocycles. The van der Waals surface area contributed by atoms with E-state index in [1.54, 1.807) is 0 Å². The van der Waals surface area contributed by atoms with Gasteiger partial charge in [0.25, 0.3) is 0 Å². The van der Waals surface area contributed by atoms with Crippen LogP contribution in [0.5, 0.6) is 0 Å². The van der Waals surface area contributed by atoms with Gasteiger partial charge in [-0.25, -0.2) is 4.99 Å². The Balaban J connectivity index is 1.49. The highest BCUT2D eigenvalue weighted by atomic mass is 16.5. The average molecular weight is 403 g/mol. The van der Waals surface area contributed by atoms with Gasteiger partial charge in [0.2, 0.25) is 11.8 Å². The topological polar surface area (TPSA) is 50.7 Å². The van der Waals surface area contributed by atoms with Crippen LogP contribution < -0.4 is 5.32 Å². The summed E-state index contributed by atoms with van der Waals surface area (Å²) in [6.07, 6.45) is 5.88. The second-order valence-electron chi connectivity index (χ2n) is 9.22. The summed E-state index contributed by atoms with van der Waals surface area (Å²) in [4.78, 5) is 18.2. The van der Waals surface area contributed by atoms with E-state index in [-0.39, 0.29) is 17.9 Å². The van der Waals surface area contributed by atoms with Crippen LogP contribution in [0.25, 0.3) is 11.1 Å². The van der Waals surface area contributed by atoms with Crippen molar-refractivity contribution in [1.29, 1.82) is 0 Å². The van der Waals surface area contributed by atoms with E-state index in [0.29, 0.717) is 24.5 Å². The third kappa shape index (κ3) is 3.42. The van der Waals surface area contributed by atoms with Crippen molar-refractivity contribution in [1.82, 2.24) is 5.32 Å². The van der Waals surface area contributed by atoms with Gasteiger partial charge in [-0.05, 0) is 53.1 Å². The number of hydrogen-bond acceptors (Lipinski definition) is 3. The Labute approximate surface area is 178 Å². The summed E-state index contributed by atoms with van der Waals surface area (Å²) >= 11 is 0. The number of fused-ring (bicyclic) bond motifs is 3. The van der Waals surface area contributed by atoms with E-state index < -0.39 is 0 Å². The lowest BCUT2D eigenvalue weighted by Gasteiger charge is -2.25. The summed E-state index contributed by atoms with van der Waals surface area (Å²) in [7, 11) is 0. The number of nitrogens with zero attached hydrogens (tertiary/aromatic N) is 1. The van der Waals surface area contributed by atoms with E-state index in [9.17, 15) is 4.79 Å². The van der Waals surface area contributed by atoms with Crippen molar-refractivity contribution in [2.24, 2.45) is 10.9 Å². The zero-order valence-electron chi connectivity index (χ0n) is 17.9. The molecule has 1 aliphatic heterocycles. The molecule has 0 bridgehead atoms. The summed E-state index contributed by atoms with van der Waals surface area (Å²) in [6, 6.07) is 15.2. The van der Waals surface area contributed by atoms with Crippen molar-refractivity contribution >= 4 is 11.8 Å². The molecule has 4 heteroatoms. The maximum Gasteiger partial charge on any atom is 0.232 e. The second-order valence-corrected chi connectivity index (χ2v) is 9.22. The fourth-order valence-corrected chi connectivity index (χ4v) is 5.04. The monoisotopic (exact) mass is 402 g/mol. The largest absolute Gasteiger partial charge is 0.475 e. The highest BCUT2D eigenvalue weighted by Crippen LogP contribution is 2.45. The molecule has 0 aromatic heterocycles. The first-order valence-electron chi connectivity index (χ1n) is 11.4. The molecule has 2 atom stereocenters. The zero-order chi connectivity index (χ0) is 20.7. The molecular weight excluding hydrogens is 372 g/mol. The van der Waals surface area contributed by atoms with Crippen LogP contribution in [0, 0.1) is 5.92 Å². The predicted molar refractivity (Wildman–Crippen MR) is 120 cm³/mol. The molecule has 2 aliphatic carbocycles. The SMILES string of the molecule is CC(C)[C@H]1COC(c2ccc3c(c2)C(C(=O)NC2CCCCC2)c2ccccc2-3)=N1. The van der Waals surface area contributed by atoms with Gasteiger partial charge in [-0.2, -0.15) is 0 Å². The molecule has 1 unspecified atom stereocenters. The number of amides is 1. The van der Waals surface area contributed by atoms with Gasteiger partial charge in [0.05, 0.1) is 12.0 Å². The van der Waals surface area contributed by atoms with Crippen LogP contribution in [0.2, 0.25) is 0 Å². The molecule has 1 fully saturated rings. The number of benzene rings is 2. The maximum absolute atomic E-state index is 13.4. The molecule has 1 N–H and O–H groups in total. The van der Waals surface area contributed by atoms with E-state index in [2.05, 4.69) is 55.6 Å². The highest BCUT2D eigenvalue weighted by molar-refractivity contribution is 6.00. The van der Waals surface area contributed by atoms with Crippen LogP contribution in [0.4, 0.5) is 0 Å². The minimum absolute atomic E-state index is 0.125. The summed E-state index contributed by atoms with van der Waals surface area (Å²) < 4.78 is 5.92. The Morgan fingerprint density at radius 1 is 1.03 bits per heavy atom. The zero-order valence-corrected chi connectivity index (χ0v) is 17.9. The smallest absolute Gasteiger partial charge is 0.232 e. The number of rotatable bonds is 4. The molecule has 30 heavy (non-hydrogen) atoms. The van der Waals surface area contributed by atoms with Crippen molar-refractivity contribution in [3.8, 4) is 11.1 Å². The molecular formula is C26H30N2O2. The number of ether oxygens (including phenoxy) is 1. The van der Waals surface area contributed by atoms with Crippen LogP contribution in [0.15, 0.2) is 47.5 Å². The summed E-state index contributed by atoms with van der Waals surface area (Å²) in [6.45, 7) is 4.98. The quantitative estimate of drug-likeness (QED) is 0.778. The molecule has 3 aliphatic rings. The van der Waals surface area contributed by atoms with E-state index >= 15 is 0 Å². The van der Waals surface area contributed by atoms with Crippen LogP contribution >= 0.6 is 0 Å². The van der Waals surface area contributed by atoms with Gasteiger partial charge < -0.3 is 10.1 Å². The maximum atomic E-state index is 13.4. The molecule has 156 valence electrons. The highest BCUT2D eigenvalue weighted by Gasteiger charge is 2.35. The Bertz CT molecular complexity index is 988.